The Kier molecular flexibility index (Phi) is 6.87. The summed E-state index contributed by atoms with van der Waals surface area (Å²) in [6, 6.07) is 9.94. The highest BCUT2D eigenvalue weighted by Gasteiger charge is 2.10. The van der Waals surface area contributed by atoms with E-state index in [2.05, 4.69) is 12.1 Å². The van der Waals surface area contributed by atoms with Crippen molar-refractivity contribution in [2.75, 3.05) is 5.75 Å². The van der Waals surface area contributed by atoms with Crippen LogP contribution in [0.2, 0.25) is 0 Å². The van der Waals surface area contributed by atoms with E-state index < -0.39 is 10.1 Å². The molecule has 0 saturated heterocycles. The normalized spacial score (nSPS) is 10.8. The maximum absolute atomic E-state index is 10.8. The molecule has 21 heavy (non-hydrogen) atoms. The van der Waals surface area contributed by atoms with Gasteiger partial charge in [0.25, 0.3) is 10.1 Å². The summed E-state index contributed by atoms with van der Waals surface area (Å²) in [6.45, 7) is 0. The molecule has 112 valence electrons. The van der Waals surface area contributed by atoms with Crippen molar-refractivity contribution < 1.29 is 13.0 Å². The Morgan fingerprint density at radius 1 is 1.00 bits per heavy atom. The first-order chi connectivity index (χ1) is 9.98. The van der Waals surface area contributed by atoms with E-state index in [1.807, 2.05) is 18.2 Å². The van der Waals surface area contributed by atoms with Gasteiger partial charge in [0.15, 0.2) is 0 Å². The van der Waals surface area contributed by atoms with Gasteiger partial charge in [-0.25, -0.2) is 0 Å². The van der Waals surface area contributed by atoms with Crippen LogP contribution in [0.5, 0.6) is 0 Å². The molecular formula is C15H18N2O3S. The fourth-order valence-corrected chi connectivity index (χ4v) is 2.80. The molecule has 0 unspecified atom stereocenters. The molecule has 0 aliphatic rings. The summed E-state index contributed by atoms with van der Waals surface area (Å²) < 4.78 is 30.3. The average molecular weight is 306 g/mol. The molecule has 0 spiro atoms. The first-order valence-corrected chi connectivity index (χ1v) is 8.37. The number of benzene rings is 1. The Morgan fingerprint density at radius 2 is 1.57 bits per heavy atom. The molecule has 1 aromatic rings. The van der Waals surface area contributed by atoms with Gasteiger partial charge in [0.1, 0.15) is 0 Å². The van der Waals surface area contributed by atoms with E-state index in [0.717, 1.165) is 16.7 Å². The Balaban J connectivity index is 2.90. The lowest BCUT2D eigenvalue weighted by atomic mass is 9.92. The summed E-state index contributed by atoms with van der Waals surface area (Å²) >= 11 is 0. The summed E-state index contributed by atoms with van der Waals surface area (Å²) in [4.78, 5) is 0. The van der Waals surface area contributed by atoms with E-state index in [1.165, 1.54) is 0 Å². The molecule has 0 aliphatic carbocycles. The zero-order valence-electron chi connectivity index (χ0n) is 11.7. The first kappa shape index (κ1) is 17.2. The average Bonchev–Trinajstić information content (AvgIpc) is 2.42. The predicted octanol–water partition coefficient (Wildman–Crippen LogP) is 2.42. The first-order valence-electron chi connectivity index (χ1n) is 6.76. The number of nitriles is 2. The van der Waals surface area contributed by atoms with Gasteiger partial charge in [-0.3, -0.25) is 4.55 Å². The molecule has 0 aliphatic heterocycles. The van der Waals surface area contributed by atoms with Crippen molar-refractivity contribution in [2.45, 2.75) is 38.5 Å². The molecule has 0 bridgehead atoms. The standard InChI is InChI=1S/C15H18N2O3S/c16-10-2-7-13-5-1-6-14(15(13)9-3-11-17)8-4-12-21(18,19)20/h1,5-6H,2-4,7-9,12H2,(H,18,19,20). The van der Waals surface area contributed by atoms with E-state index in [1.54, 1.807) is 0 Å². The molecule has 1 N–H and O–H groups in total. The van der Waals surface area contributed by atoms with Crippen molar-refractivity contribution in [3.05, 3.63) is 34.9 Å². The van der Waals surface area contributed by atoms with Crippen molar-refractivity contribution in [2.24, 2.45) is 0 Å². The molecule has 5 nitrogen and oxygen atoms in total. The number of aryl methyl sites for hydroxylation is 2. The van der Waals surface area contributed by atoms with Crippen molar-refractivity contribution >= 4 is 10.1 Å². The predicted molar refractivity (Wildman–Crippen MR) is 79.0 cm³/mol. The lowest BCUT2D eigenvalue weighted by molar-refractivity contribution is 0.481. The Bertz CT molecular complexity index is 654. The van der Waals surface area contributed by atoms with Crippen LogP contribution in [0.1, 0.15) is 36.0 Å². The van der Waals surface area contributed by atoms with Gasteiger partial charge in [0.2, 0.25) is 0 Å². The zero-order valence-corrected chi connectivity index (χ0v) is 12.6. The van der Waals surface area contributed by atoms with E-state index >= 15 is 0 Å². The molecule has 0 amide bonds. The maximum atomic E-state index is 10.8. The van der Waals surface area contributed by atoms with Crippen LogP contribution in [0, 0.1) is 22.7 Å². The van der Waals surface area contributed by atoms with Gasteiger partial charge >= 0.3 is 0 Å². The monoisotopic (exact) mass is 306 g/mol. The summed E-state index contributed by atoms with van der Waals surface area (Å²) in [6.07, 6.45) is 2.88. The molecule has 0 radical (unpaired) electrons. The van der Waals surface area contributed by atoms with Gasteiger partial charge < -0.3 is 0 Å². The van der Waals surface area contributed by atoms with E-state index in [-0.39, 0.29) is 5.75 Å². The molecule has 0 aromatic heterocycles. The van der Waals surface area contributed by atoms with Crippen LogP contribution in [-0.2, 0) is 29.4 Å². The van der Waals surface area contributed by atoms with E-state index in [0.29, 0.717) is 38.5 Å². The van der Waals surface area contributed by atoms with E-state index in [9.17, 15) is 8.42 Å². The second-order valence-electron chi connectivity index (χ2n) is 4.76. The fourth-order valence-electron chi connectivity index (χ4n) is 2.29. The summed E-state index contributed by atoms with van der Waals surface area (Å²) in [7, 11) is -3.94. The van der Waals surface area contributed by atoms with Gasteiger partial charge in [0.05, 0.1) is 17.9 Å². The van der Waals surface area contributed by atoms with Crippen molar-refractivity contribution in [3.63, 3.8) is 0 Å². The largest absolute Gasteiger partial charge is 0.286 e. The third kappa shape index (κ3) is 6.40. The van der Waals surface area contributed by atoms with Crippen LogP contribution in [-0.4, -0.2) is 18.7 Å². The zero-order chi connectivity index (χ0) is 15.7. The van der Waals surface area contributed by atoms with Crippen LogP contribution in [0.15, 0.2) is 18.2 Å². The lowest BCUT2D eigenvalue weighted by Crippen LogP contribution is -2.07. The van der Waals surface area contributed by atoms with Gasteiger partial charge in [-0.15, -0.1) is 0 Å². The third-order valence-corrected chi connectivity index (χ3v) is 4.02. The minimum absolute atomic E-state index is 0.271. The van der Waals surface area contributed by atoms with Crippen LogP contribution in [0.3, 0.4) is 0 Å². The lowest BCUT2D eigenvalue weighted by Gasteiger charge is -2.13. The molecule has 0 heterocycles. The maximum Gasteiger partial charge on any atom is 0.264 e. The number of nitrogens with zero attached hydrogens (tertiary/aromatic N) is 2. The highest BCUT2D eigenvalue weighted by Crippen LogP contribution is 2.20. The molecular weight excluding hydrogens is 288 g/mol. The molecule has 6 heteroatoms. The summed E-state index contributed by atoms with van der Waals surface area (Å²) in [5.74, 6) is -0.271. The molecule has 0 saturated carbocycles. The summed E-state index contributed by atoms with van der Waals surface area (Å²) in [5.41, 5.74) is 3.06. The van der Waals surface area contributed by atoms with Crippen molar-refractivity contribution in [1.82, 2.24) is 0 Å². The van der Waals surface area contributed by atoms with Crippen LogP contribution in [0.4, 0.5) is 0 Å². The van der Waals surface area contributed by atoms with Gasteiger partial charge in [0, 0.05) is 12.8 Å². The van der Waals surface area contributed by atoms with Crippen molar-refractivity contribution in [3.8, 4) is 12.1 Å². The van der Waals surface area contributed by atoms with E-state index in [4.69, 9.17) is 15.1 Å². The van der Waals surface area contributed by atoms with Crippen LogP contribution >= 0.6 is 0 Å². The third-order valence-electron chi connectivity index (χ3n) is 3.21. The quantitative estimate of drug-likeness (QED) is 0.743. The van der Waals surface area contributed by atoms with Gasteiger partial charge in [-0.2, -0.15) is 18.9 Å². The molecule has 0 atom stereocenters. The second-order valence-corrected chi connectivity index (χ2v) is 6.33. The number of hydrogen-bond donors (Lipinski definition) is 1. The van der Waals surface area contributed by atoms with Gasteiger partial charge in [-0.1, -0.05) is 18.2 Å². The molecule has 1 aromatic carbocycles. The minimum Gasteiger partial charge on any atom is -0.286 e. The summed E-state index contributed by atoms with van der Waals surface area (Å²) in [5, 5.41) is 17.5. The second kappa shape index (κ2) is 8.41. The Labute approximate surface area is 125 Å². The minimum atomic E-state index is -3.94. The highest BCUT2D eigenvalue weighted by molar-refractivity contribution is 7.85. The highest BCUT2D eigenvalue weighted by atomic mass is 32.2. The molecule has 1 rings (SSSR count). The van der Waals surface area contributed by atoms with Crippen LogP contribution < -0.4 is 0 Å². The Hall–Kier alpha value is -1.89. The number of hydrogen-bond acceptors (Lipinski definition) is 4. The van der Waals surface area contributed by atoms with Gasteiger partial charge in [-0.05, 0) is 42.4 Å². The Morgan fingerprint density at radius 3 is 2.14 bits per heavy atom. The van der Waals surface area contributed by atoms with Crippen LogP contribution in [0.25, 0.3) is 0 Å². The topological polar surface area (TPSA) is 102 Å². The SMILES string of the molecule is N#CCCc1cccc(CCCS(=O)(=O)O)c1CCC#N. The smallest absolute Gasteiger partial charge is 0.264 e. The molecule has 0 fully saturated rings. The fraction of sp³-hybridized carbons (Fsp3) is 0.467. The number of rotatable bonds is 8. The van der Waals surface area contributed by atoms with Crippen molar-refractivity contribution in [1.29, 1.82) is 10.5 Å².